The molecule has 1 unspecified atom stereocenters. The fraction of sp³-hybridized carbons (Fsp3) is 1.00. The Kier molecular flexibility index (Phi) is 7.41. The first kappa shape index (κ1) is 17.9. The lowest BCUT2D eigenvalue weighted by molar-refractivity contribution is -0.0105. The number of nitrogens with zero attached hydrogens (tertiary/aromatic N) is 1. The first-order valence-corrected chi connectivity index (χ1v) is 7.16. The molecule has 0 saturated heterocycles. The van der Waals surface area contributed by atoms with Gasteiger partial charge in [0.15, 0.2) is 0 Å². The molecular weight excluding hydrogens is 224 g/mol. The van der Waals surface area contributed by atoms with Gasteiger partial charge in [-0.3, -0.25) is 4.90 Å². The quantitative estimate of drug-likeness (QED) is 0.691. The van der Waals surface area contributed by atoms with Gasteiger partial charge in [0.25, 0.3) is 0 Å². The van der Waals surface area contributed by atoms with Crippen molar-refractivity contribution in [3.05, 3.63) is 0 Å². The van der Waals surface area contributed by atoms with E-state index in [1.54, 1.807) is 7.11 Å². The molecule has 0 spiro atoms. The lowest BCUT2D eigenvalue weighted by atomic mass is 9.91. The molecule has 18 heavy (non-hydrogen) atoms. The zero-order valence-electron chi connectivity index (χ0n) is 13.5. The molecule has 0 aromatic carbocycles. The fourth-order valence-electron chi connectivity index (χ4n) is 2.28. The molecule has 0 radical (unpaired) electrons. The molecule has 0 heterocycles. The van der Waals surface area contributed by atoms with Crippen molar-refractivity contribution in [2.45, 2.75) is 66.0 Å². The number of nitrogens with two attached hydrogens (primary N) is 1. The van der Waals surface area contributed by atoms with E-state index in [2.05, 4.69) is 46.4 Å². The number of rotatable bonds is 9. The molecule has 3 heteroatoms. The van der Waals surface area contributed by atoms with Crippen LogP contribution < -0.4 is 5.73 Å². The van der Waals surface area contributed by atoms with Gasteiger partial charge in [-0.2, -0.15) is 0 Å². The predicted octanol–water partition coefficient (Wildman–Crippen LogP) is 2.89. The topological polar surface area (TPSA) is 38.5 Å². The zero-order valence-corrected chi connectivity index (χ0v) is 13.5. The Hall–Kier alpha value is -0.120. The predicted molar refractivity (Wildman–Crippen MR) is 79.9 cm³/mol. The van der Waals surface area contributed by atoms with Crippen molar-refractivity contribution in [1.82, 2.24) is 4.90 Å². The van der Waals surface area contributed by atoms with Crippen molar-refractivity contribution in [3.8, 4) is 0 Å². The van der Waals surface area contributed by atoms with E-state index < -0.39 is 0 Å². The molecule has 0 aromatic rings. The molecular formula is C15H34N2O. The summed E-state index contributed by atoms with van der Waals surface area (Å²) < 4.78 is 5.54. The van der Waals surface area contributed by atoms with Crippen LogP contribution in [0.3, 0.4) is 0 Å². The van der Waals surface area contributed by atoms with Crippen molar-refractivity contribution >= 4 is 0 Å². The average molecular weight is 258 g/mol. The highest BCUT2D eigenvalue weighted by molar-refractivity contribution is 4.82. The van der Waals surface area contributed by atoms with Crippen molar-refractivity contribution in [2.24, 2.45) is 11.1 Å². The molecule has 0 aliphatic rings. The van der Waals surface area contributed by atoms with Gasteiger partial charge >= 0.3 is 0 Å². The van der Waals surface area contributed by atoms with Gasteiger partial charge in [0.2, 0.25) is 0 Å². The van der Waals surface area contributed by atoms with Gasteiger partial charge in [0.1, 0.15) is 0 Å². The summed E-state index contributed by atoms with van der Waals surface area (Å²) in [6.07, 6.45) is 2.22. The molecule has 0 aliphatic carbocycles. The van der Waals surface area contributed by atoms with Crippen molar-refractivity contribution in [2.75, 3.05) is 26.7 Å². The average Bonchev–Trinajstić information content (AvgIpc) is 2.28. The molecule has 110 valence electrons. The van der Waals surface area contributed by atoms with E-state index in [1.807, 2.05) is 0 Å². The Morgan fingerprint density at radius 3 is 2.17 bits per heavy atom. The van der Waals surface area contributed by atoms with Crippen LogP contribution in [0.2, 0.25) is 0 Å². The van der Waals surface area contributed by atoms with Crippen LogP contribution in [0.25, 0.3) is 0 Å². The zero-order chi connectivity index (χ0) is 14.4. The third-order valence-electron chi connectivity index (χ3n) is 3.66. The number of ether oxygens (including phenoxy) is 1. The number of methoxy groups -OCH3 is 1. The molecule has 0 saturated carbocycles. The van der Waals surface area contributed by atoms with E-state index in [1.165, 1.54) is 6.42 Å². The van der Waals surface area contributed by atoms with Crippen LogP contribution in [-0.4, -0.2) is 43.3 Å². The van der Waals surface area contributed by atoms with E-state index in [0.29, 0.717) is 6.04 Å². The molecule has 0 bridgehead atoms. The van der Waals surface area contributed by atoms with Crippen LogP contribution in [0.15, 0.2) is 0 Å². The van der Waals surface area contributed by atoms with Crippen LogP contribution in [0, 0.1) is 5.41 Å². The summed E-state index contributed by atoms with van der Waals surface area (Å²) in [6, 6.07) is 0.519. The molecule has 3 nitrogen and oxygen atoms in total. The second-order valence-corrected chi connectivity index (χ2v) is 6.86. The number of hydrogen-bond acceptors (Lipinski definition) is 3. The Labute approximate surface area is 114 Å². The standard InChI is InChI=1S/C15H34N2O/c1-8-9-17(12-14(3,4)11-16)13(2)10-15(5,6)18-7/h13H,8-12,16H2,1-7H3. The van der Waals surface area contributed by atoms with Gasteiger partial charge in [0.05, 0.1) is 5.60 Å². The first-order chi connectivity index (χ1) is 8.17. The maximum Gasteiger partial charge on any atom is 0.0637 e. The first-order valence-electron chi connectivity index (χ1n) is 7.16. The summed E-state index contributed by atoms with van der Waals surface area (Å²) in [5.74, 6) is 0. The molecule has 0 rings (SSSR count). The SMILES string of the molecule is CCCN(CC(C)(C)CN)C(C)CC(C)(C)OC. The minimum Gasteiger partial charge on any atom is -0.379 e. The Morgan fingerprint density at radius 1 is 1.22 bits per heavy atom. The fourth-order valence-corrected chi connectivity index (χ4v) is 2.28. The van der Waals surface area contributed by atoms with Crippen LogP contribution in [0.1, 0.15) is 54.4 Å². The highest BCUT2D eigenvalue weighted by Crippen LogP contribution is 2.23. The number of hydrogen-bond donors (Lipinski definition) is 1. The van der Waals surface area contributed by atoms with E-state index >= 15 is 0 Å². The minimum absolute atomic E-state index is 0.0573. The molecule has 0 aliphatic heterocycles. The van der Waals surface area contributed by atoms with Crippen molar-refractivity contribution in [1.29, 1.82) is 0 Å². The smallest absolute Gasteiger partial charge is 0.0637 e. The summed E-state index contributed by atoms with van der Waals surface area (Å²) in [7, 11) is 1.79. The summed E-state index contributed by atoms with van der Waals surface area (Å²) in [4.78, 5) is 2.55. The third kappa shape index (κ3) is 6.72. The highest BCUT2D eigenvalue weighted by atomic mass is 16.5. The van der Waals surface area contributed by atoms with Gasteiger partial charge in [0, 0.05) is 19.7 Å². The summed E-state index contributed by atoms with van der Waals surface area (Å²) in [5.41, 5.74) is 5.98. The largest absolute Gasteiger partial charge is 0.379 e. The van der Waals surface area contributed by atoms with E-state index in [-0.39, 0.29) is 11.0 Å². The second kappa shape index (κ2) is 7.46. The second-order valence-electron chi connectivity index (χ2n) is 6.86. The normalized spacial score (nSPS) is 15.2. The molecule has 1 atom stereocenters. The van der Waals surface area contributed by atoms with Gasteiger partial charge in [-0.25, -0.2) is 0 Å². The molecule has 2 N–H and O–H groups in total. The maximum atomic E-state index is 5.85. The van der Waals surface area contributed by atoms with E-state index in [0.717, 1.165) is 26.1 Å². The molecule has 0 amide bonds. The monoisotopic (exact) mass is 258 g/mol. The van der Waals surface area contributed by atoms with E-state index in [4.69, 9.17) is 10.5 Å². The Morgan fingerprint density at radius 2 is 1.78 bits per heavy atom. The Bertz CT molecular complexity index is 227. The third-order valence-corrected chi connectivity index (χ3v) is 3.66. The molecule has 0 fully saturated rings. The van der Waals surface area contributed by atoms with Crippen molar-refractivity contribution in [3.63, 3.8) is 0 Å². The highest BCUT2D eigenvalue weighted by Gasteiger charge is 2.27. The Balaban J connectivity index is 4.58. The molecule has 0 aromatic heterocycles. The van der Waals surface area contributed by atoms with Gasteiger partial charge in [-0.15, -0.1) is 0 Å². The summed E-state index contributed by atoms with van der Waals surface area (Å²) in [6.45, 7) is 16.2. The van der Waals surface area contributed by atoms with Gasteiger partial charge in [-0.1, -0.05) is 20.8 Å². The lowest BCUT2D eigenvalue weighted by Gasteiger charge is -2.38. The summed E-state index contributed by atoms with van der Waals surface area (Å²) >= 11 is 0. The van der Waals surface area contributed by atoms with Gasteiger partial charge < -0.3 is 10.5 Å². The van der Waals surface area contributed by atoms with Crippen LogP contribution in [0.4, 0.5) is 0 Å². The van der Waals surface area contributed by atoms with Crippen LogP contribution in [0.5, 0.6) is 0 Å². The lowest BCUT2D eigenvalue weighted by Crippen LogP contribution is -2.46. The van der Waals surface area contributed by atoms with Crippen LogP contribution in [-0.2, 0) is 4.74 Å². The summed E-state index contributed by atoms with van der Waals surface area (Å²) in [5, 5.41) is 0. The maximum absolute atomic E-state index is 5.85. The van der Waals surface area contributed by atoms with Crippen molar-refractivity contribution < 1.29 is 4.74 Å². The van der Waals surface area contributed by atoms with Gasteiger partial charge in [-0.05, 0) is 52.1 Å². The van der Waals surface area contributed by atoms with E-state index in [9.17, 15) is 0 Å². The van der Waals surface area contributed by atoms with Crippen LogP contribution >= 0.6 is 0 Å². The minimum atomic E-state index is -0.0573.